The summed E-state index contributed by atoms with van der Waals surface area (Å²) in [4.78, 5) is 10.2. The van der Waals surface area contributed by atoms with Crippen molar-refractivity contribution in [3.05, 3.63) is 42.0 Å². The van der Waals surface area contributed by atoms with Gasteiger partial charge in [-0.25, -0.2) is 8.78 Å². The maximum Gasteiger partial charge on any atom is 0.191 e. The summed E-state index contributed by atoms with van der Waals surface area (Å²) in [5, 5.41) is 0. The Balaban J connectivity index is 3.04. The van der Waals surface area contributed by atoms with E-state index in [2.05, 4.69) is 6.58 Å². The molecule has 0 fully saturated rings. The lowest BCUT2D eigenvalue weighted by Gasteiger charge is -2.05. The highest BCUT2D eigenvalue weighted by Crippen LogP contribution is 2.22. The van der Waals surface area contributed by atoms with E-state index in [-0.39, 0.29) is 12.2 Å². The van der Waals surface area contributed by atoms with Crippen LogP contribution in [0.25, 0.3) is 0 Å². The third-order valence-corrected chi connectivity index (χ3v) is 1.50. The number of halogens is 2. The van der Waals surface area contributed by atoms with Crippen LogP contribution in [0.5, 0.6) is 5.75 Å². The average molecular weight is 198 g/mol. The van der Waals surface area contributed by atoms with Crippen LogP contribution >= 0.6 is 0 Å². The van der Waals surface area contributed by atoms with Crippen molar-refractivity contribution in [3.8, 4) is 5.75 Å². The first kappa shape index (κ1) is 10.4. The van der Waals surface area contributed by atoms with E-state index in [0.29, 0.717) is 6.29 Å². The second-order valence-electron chi connectivity index (χ2n) is 2.53. The van der Waals surface area contributed by atoms with Crippen molar-refractivity contribution >= 4 is 6.29 Å². The standard InChI is InChI=1S/C10H8F2O2/c1-2-3-14-10-8(11)4-7(6-13)5-9(10)12/h2,4-6H,1,3H2. The van der Waals surface area contributed by atoms with E-state index < -0.39 is 17.4 Å². The van der Waals surface area contributed by atoms with Crippen LogP contribution in [-0.2, 0) is 0 Å². The van der Waals surface area contributed by atoms with Crippen molar-refractivity contribution in [2.75, 3.05) is 6.61 Å². The van der Waals surface area contributed by atoms with Crippen molar-refractivity contribution in [2.45, 2.75) is 0 Å². The minimum atomic E-state index is -0.894. The van der Waals surface area contributed by atoms with Crippen LogP contribution in [0, 0.1) is 11.6 Å². The van der Waals surface area contributed by atoms with Gasteiger partial charge in [-0.15, -0.1) is 0 Å². The number of rotatable bonds is 4. The van der Waals surface area contributed by atoms with Crippen LogP contribution in [0.15, 0.2) is 24.8 Å². The van der Waals surface area contributed by atoms with E-state index >= 15 is 0 Å². The quantitative estimate of drug-likeness (QED) is 0.548. The van der Waals surface area contributed by atoms with Crippen LogP contribution < -0.4 is 4.74 Å². The summed E-state index contributed by atoms with van der Waals surface area (Å²) in [5.74, 6) is -2.28. The number of ether oxygens (including phenoxy) is 1. The third kappa shape index (κ3) is 2.16. The molecule has 0 saturated heterocycles. The molecule has 0 unspecified atom stereocenters. The summed E-state index contributed by atoms with van der Waals surface area (Å²) in [6.07, 6.45) is 1.73. The van der Waals surface area contributed by atoms with E-state index in [9.17, 15) is 13.6 Å². The van der Waals surface area contributed by atoms with E-state index in [1.807, 2.05) is 0 Å². The molecule has 0 saturated carbocycles. The van der Waals surface area contributed by atoms with Crippen molar-refractivity contribution < 1.29 is 18.3 Å². The van der Waals surface area contributed by atoms with Crippen LogP contribution in [0.4, 0.5) is 8.78 Å². The van der Waals surface area contributed by atoms with Crippen molar-refractivity contribution in [1.29, 1.82) is 0 Å². The first-order valence-corrected chi connectivity index (χ1v) is 3.87. The number of benzene rings is 1. The smallest absolute Gasteiger partial charge is 0.191 e. The van der Waals surface area contributed by atoms with Gasteiger partial charge in [0.05, 0.1) is 0 Å². The second kappa shape index (κ2) is 4.50. The maximum absolute atomic E-state index is 13.1. The van der Waals surface area contributed by atoms with Crippen LogP contribution in [0.2, 0.25) is 0 Å². The van der Waals surface area contributed by atoms with Crippen LogP contribution in [-0.4, -0.2) is 12.9 Å². The van der Waals surface area contributed by atoms with Crippen LogP contribution in [0.3, 0.4) is 0 Å². The molecule has 1 aromatic rings. The fourth-order valence-electron chi connectivity index (χ4n) is 0.928. The Morgan fingerprint density at radius 2 is 1.93 bits per heavy atom. The Morgan fingerprint density at radius 1 is 1.36 bits per heavy atom. The van der Waals surface area contributed by atoms with Gasteiger partial charge in [0, 0.05) is 5.56 Å². The molecule has 0 N–H and O–H groups in total. The Kier molecular flexibility index (Phi) is 3.34. The molecule has 0 atom stereocenters. The molecule has 0 aromatic heterocycles. The molecule has 0 radical (unpaired) electrons. The summed E-state index contributed by atoms with van der Waals surface area (Å²) in [7, 11) is 0. The zero-order chi connectivity index (χ0) is 10.6. The number of carbonyl (C=O) groups is 1. The molecular formula is C10H8F2O2. The molecule has 74 valence electrons. The van der Waals surface area contributed by atoms with Gasteiger partial charge < -0.3 is 4.74 Å². The van der Waals surface area contributed by atoms with E-state index in [0.717, 1.165) is 12.1 Å². The van der Waals surface area contributed by atoms with Gasteiger partial charge in [0.15, 0.2) is 17.4 Å². The maximum atomic E-state index is 13.1. The molecule has 0 aliphatic carbocycles. The summed E-state index contributed by atoms with van der Waals surface area (Å²) in [6, 6.07) is 1.82. The molecule has 4 heteroatoms. The van der Waals surface area contributed by atoms with Gasteiger partial charge in [0.1, 0.15) is 12.9 Å². The normalized spacial score (nSPS) is 9.57. The molecule has 0 aliphatic heterocycles. The highest BCUT2D eigenvalue weighted by molar-refractivity contribution is 5.75. The average Bonchev–Trinajstić information content (AvgIpc) is 2.16. The monoisotopic (exact) mass is 198 g/mol. The molecule has 0 amide bonds. The van der Waals surface area contributed by atoms with Gasteiger partial charge in [-0.2, -0.15) is 0 Å². The Bertz CT molecular complexity index is 338. The number of carbonyl (C=O) groups excluding carboxylic acids is 1. The predicted octanol–water partition coefficient (Wildman–Crippen LogP) is 2.34. The first-order chi connectivity index (χ1) is 6.69. The summed E-state index contributed by atoms with van der Waals surface area (Å²) in [5.41, 5.74) is -0.0639. The first-order valence-electron chi connectivity index (χ1n) is 3.87. The van der Waals surface area contributed by atoms with Gasteiger partial charge >= 0.3 is 0 Å². The predicted molar refractivity (Wildman–Crippen MR) is 47.4 cm³/mol. The molecule has 1 aromatic carbocycles. The lowest BCUT2D eigenvalue weighted by Crippen LogP contribution is -2.00. The largest absolute Gasteiger partial charge is 0.483 e. The highest BCUT2D eigenvalue weighted by Gasteiger charge is 2.11. The van der Waals surface area contributed by atoms with Gasteiger partial charge in [-0.3, -0.25) is 4.79 Å². The summed E-state index contributed by atoms with van der Waals surface area (Å²) >= 11 is 0. The minimum Gasteiger partial charge on any atom is -0.483 e. The molecule has 0 spiro atoms. The fourth-order valence-corrected chi connectivity index (χ4v) is 0.928. The van der Waals surface area contributed by atoms with Gasteiger partial charge in [0.25, 0.3) is 0 Å². The third-order valence-electron chi connectivity index (χ3n) is 1.50. The molecule has 14 heavy (non-hydrogen) atoms. The van der Waals surface area contributed by atoms with E-state index in [1.54, 1.807) is 0 Å². The minimum absolute atomic E-state index is 0.00821. The lowest BCUT2D eigenvalue weighted by molar-refractivity contribution is 0.112. The molecule has 0 bridgehead atoms. The molecule has 0 aliphatic rings. The van der Waals surface area contributed by atoms with Crippen molar-refractivity contribution in [3.63, 3.8) is 0 Å². The van der Waals surface area contributed by atoms with Crippen LogP contribution in [0.1, 0.15) is 10.4 Å². The molecular weight excluding hydrogens is 190 g/mol. The van der Waals surface area contributed by atoms with Crippen molar-refractivity contribution in [2.24, 2.45) is 0 Å². The van der Waals surface area contributed by atoms with Gasteiger partial charge in [-0.05, 0) is 12.1 Å². The summed E-state index contributed by atoms with van der Waals surface area (Å²) < 4.78 is 30.9. The Labute approximate surface area is 79.8 Å². The number of hydrogen-bond acceptors (Lipinski definition) is 2. The topological polar surface area (TPSA) is 26.3 Å². The lowest BCUT2D eigenvalue weighted by atomic mass is 10.2. The van der Waals surface area contributed by atoms with E-state index in [4.69, 9.17) is 4.74 Å². The zero-order valence-corrected chi connectivity index (χ0v) is 7.30. The number of aldehydes is 1. The fraction of sp³-hybridized carbons (Fsp3) is 0.100. The van der Waals surface area contributed by atoms with Gasteiger partial charge in [0.2, 0.25) is 0 Å². The Hall–Kier alpha value is -1.71. The molecule has 0 heterocycles. The SMILES string of the molecule is C=CCOc1c(F)cc(C=O)cc1F. The Morgan fingerprint density at radius 3 is 2.36 bits per heavy atom. The number of hydrogen-bond donors (Lipinski definition) is 0. The zero-order valence-electron chi connectivity index (χ0n) is 7.30. The summed E-state index contributed by atoms with van der Waals surface area (Å²) in [6.45, 7) is 3.35. The van der Waals surface area contributed by atoms with Crippen molar-refractivity contribution in [1.82, 2.24) is 0 Å². The second-order valence-corrected chi connectivity index (χ2v) is 2.53. The highest BCUT2D eigenvalue weighted by atomic mass is 19.1. The molecule has 1 rings (SSSR count). The van der Waals surface area contributed by atoms with Gasteiger partial charge in [-0.1, -0.05) is 12.7 Å². The molecule has 2 nitrogen and oxygen atoms in total. The van der Waals surface area contributed by atoms with E-state index in [1.165, 1.54) is 6.08 Å².